The number of hydrogen-bond acceptors (Lipinski definition) is 3. The third-order valence-corrected chi connectivity index (χ3v) is 3.88. The van der Waals surface area contributed by atoms with Gasteiger partial charge in [-0.15, -0.1) is 0 Å². The van der Waals surface area contributed by atoms with Gasteiger partial charge in [0, 0.05) is 32.3 Å². The summed E-state index contributed by atoms with van der Waals surface area (Å²) < 4.78 is 5.47. The van der Waals surface area contributed by atoms with E-state index in [1.807, 2.05) is 7.11 Å². The Bertz CT molecular complexity index is 193. The summed E-state index contributed by atoms with van der Waals surface area (Å²) in [5.41, 5.74) is 0. The Morgan fingerprint density at radius 1 is 1.41 bits per heavy atom. The van der Waals surface area contributed by atoms with Gasteiger partial charge in [-0.2, -0.15) is 0 Å². The third kappa shape index (κ3) is 4.94. The number of nitrogens with zero attached hydrogens (tertiary/aromatic N) is 1. The van der Waals surface area contributed by atoms with Crippen molar-refractivity contribution in [3.05, 3.63) is 0 Å². The van der Waals surface area contributed by atoms with Crippen molar-refractivity contribution in [3.63, 3.8) is 0 Å². The SMILES string of the molecule is CCCC(CN1CCC(OC)CC1C)NCC. The maximum atomic E-state index is 5.47. The molecule has 1 rings (SSSR count). The van der Waals surface area contributed by atoms with Crippen LogP contribution >= 0.6 is 0 Å². The maximum Gasteiger partial charge on any atom is 0.0598 e. The van der Waals surface area contributed by atoms with Gasteiger partial charge in [-0.25, -0.2) is 0 Å². The monoisotopic (exact) mass is 242 g/mol. The Labute approximate surface area is 107 Å². The fourth-order valence-corrected chi connectivity index (χ4v) is 2.84. The van der Waals surface area contributed by atoms with Gasteiger partial charge in [0.15, 0.2) is 0 Å². The summed E-state index contributed by atoms with van der Waals surface area (Å²) in [5, 5.41) is 3.60. The number of likely N-dealkylation sites (N-methyl/N-ethyl adjacent to an activating group) is 1. The van der Waals surface area contributed by atoms with Crippen LogP contribution in [0.1, 0.15) is 46.5 Å². The van der Waals surface area contributed by atoms with Crippen LogP contribution in [-0.2, 0) is 4.74 Å². The van der Waals surface area contributed by atoms with Crippen molar-refractivity contribution in [2.24, 2.45) is 0 Å². The Morgan fingerprint density at radius 2 is 2.18 bits per heavy atom. The average molecular weight is 242 g/mol. The number of rotatable bonds is 7. The molecule has 3 atom stereocenters. The highest BCUT2D eigenvalue weighted by Crippen LogP contribution is 2.19. The summed E-state index contributed by atoms with van der Waals surface area (Å²) in [6.07, 6.45) is 5.39. The minimum atomic E-state index is 0.477. The lowest BCUT2D eigenvalue weighted by Gasteiger charge is -2.39. The first kappa shape index (κ1) is 14.9. The topological polar surface area (TPSA) is 24.5 Å². The van der Waals surface area contributed by atoms with E-state index in [0.29, 0.717) is 18.2 Å². The summed E-state index contributed by atoms with van der Waals surface area (Å²) in [6, 6.07) is 1.32. The van der Waals surface area contributed by atoms with Crippen LogP contribution in [0.25, 0.3) is 0 Å². The molecule has 0 saturated carbocycles. The van der Waals surface area contributed by atoms with E-state index in [1.165, 1.54) is 38.8 Å². The van der Waals surface area contributed by atoms with Crippen molar-refractivity contribution in [2.45, 2.75) is 64.6 Å². The smallest absolute Gasteiger partial charge is 0.0598 e. The summed E-state index contributed by atoms with van der Waals surface area (Å²) in [4.78, 5) is 2.62. The summed E-state index contributed by atoms with van der Waals surface area (Å²) in [5.74, 6) is 0. The van der Waals surface area contributed by atoms with Crippen molar-refractivity contribution < 1.29 is 4.74 Å². The predicted octanol–water partition coefficient (Wildman–Crippen LogP) is 2.26. The van der Waals surface area contributed by atoms with Gasteiger partial charge in [-0.1, -0.05) is 20.3 Å². The van der Waals surface area contributed by atoms with Gasteiger partial charge in [-0.05, 0) is 32.7 Å². The Hall–Kier alpha value is -0.120. The average Bonchev–Trinajstić information content (AvgIpc) is 2.32. The number of nitrogens with one attached hydrogen (secondary N) is 1. The minimum absolute atomic E-state index is 0.477. The van der Waals surface area contributed by atoms with E-state index < -0.39 is 0 Å². The fraction of sp³-hybridized carbons (Fsp3) is 1.00. The van der Waals surface area contributed by atoms with Gasteiger partial charge in [0.1, 0.15) is 0 Å². The van der Waals surface area contributed by atoms with Crippen molar-refractivity contribution in [3.8, 4) is 0 Å². The molecule has 3 nitrogen and oxygen atoms in total. The maximum absolute atomic E-state index is 5.47. The molecule has 1 heterocycles. The van der Waals surface area contributed by atoms with Crippen LogP contribution in [-0.4, -0.2) is 49.8 Å². The largest absolute Gasteiger partial charge is 0.381 e. The lowest BCUT2D eigenvalue weighted by molar-refractivity contribution is 0.0125. The van der Waals surface area contributed by atoms with Crippen molar-refractivity contribution in [1.82, 2.24) is 10.2 Å². The molecule has 17 heavy (non-hydrogen) atoms. The van der Waals surface area contributed by atoms with Gasteiger partial charge in [0.25, 0.3) is 0 Å². The van der Waals surface area contributed by atoms with Gasteiger partial charge in [0.2, 0.25) is 0 Å². The van der Waals surface area contributed by atoms with Gasteiger partial charge in [-0.3, -0.25) is 4.90 Å². The lowest BCUT2D eigenvalue weighted by atomic mass is 9.99. The molecule has 0 spiro atoms. The summed E-state index contributed by atoms with van der Waals surface area (Å²) in [7, 11) is 1.84. The molecule has 1 N–H and O–H groups in total. The van der Waals surface area contributed by atoms with Gasteiger partial charge < -0.3 is 10.1 Å². The van der Waals surface area contributed by atoms with Gasteiger partial charge in [0.05, 0.1) is 6.10 Å². The molecule has 3 unspecified atom stereocenters. The van der Waals surface area contributed by atoms with Crippen LogP contribution in [0.15, 0.2) is 0 Å². The summed E-state index contributed by atoms with van der Waals surface area (Å²) in [6.45, 7) is 10.3. The van der Waals surface area contributed by atoms with Crippen LogP contribution in [0.2, 0.25) is 0 Å². The zero-order valence-corrected chi connectivity index (χ0v) is 12.0. The van der Waals surface area contributed by atoms with Crippen molar-refractivity contribution >= 4 is 0 Å². The van der Waals surface area contributed by atoms with E-state index >= 15 is 0 Å². The highest BCUT2D eigenvalue weighted by molar-refractivity contribution is 4.82. The van der Waals surface area contributed by atoms with E-state index in [0.717, 1.165) is 6.54 Å². The van der Waals surface area contributed by atoms with E-state index in [4.69, 9.17) is 4.74 Å². The molecule has 0 radical (unpaired) electrons. The molecule has 102 valence electrons. The molecule has 1 aliphatic heterocycles. The Balaban J connectivity index is 2.38. The second kappa shape index (κ2) is 8.06. The molecule has 0 aliphatic carbocycles. The van der Waals surface area contributed by atoms with E-state index in [9.17, 15) is 0 Å². The Morgan fingerprint density at radius 3 is 2.71 bits per heavy atom. The quantitative estimate of drug-likeness (QED) is 0.741. The number of piperidine rings is 1. The van der Waals surface area contributed by atoms with Crippen LogP contribution < -0.4 is 5.32 Å². The molecule has 1 saturated heterocycles. The van der Waals surface area contributed by atoms with E-state index in [2.05, 4.69) is 31.0 Å². The number of likely N-dealkylation sites (tertiary alicyclic amines) is 1. The first-order valence-corrected chi connectivity index (χ1v) is 7.21. The first-order chi connectivity index (χ1) is 8.21. The highest BCUT2D eigenvalue weighted by Gasteiger charge is 2.26. The highest BCUT2D eigenvalue weighted by atomic mass is 16.5. The molecule has 0 amide bonds. The van der Waals surface area contributed by atoms with Crippen LogP contribution in [0.4, 0.5) is 0 Å². The number of methoxy groups -OCH3 is 1. The normalized spacial score (nSPS) is 28.2. The fourth-order valence-electron chi connectivity index (χ4n) is 2.84. The summed E-state index contributed by atoms with van der Waals surface area (Å²) >= 11 is 0. The second-order valence-corrected chi connectivity index (χ2v) is 5.27. The molecular formula is C14H30N2O. The molecule has 0 aromatic carbocycles. The standard InChI is InChI=1S/C14H30N2O/c1-5-7-13(15-6-2)11-16-9-8-14(17-4)10-12(16)3/h12-15H,5-11H2,1-4H3. The number of ether oxygens (including phenoxy) is 1. The molecular weight excluding hydrogens is 212 g/mol. The lowest BCUT2D eigenvalue weighted by Crippen LogP contribution is -2.49. The first-order valence-electron chi connectivity index (χ1n) is 7.21. The van der Waals surface area contributed by atoms with Gasteiger partial charge >= 0.3 is 0 Å². The zero-order chi connectivity index (χ0) is 12.7. The van der Waals surface area contributed by atoms with Crippen molar-refractivity contribution in [1.29, 1.82) is 0 Å². The predicted molar refractivity (Wildman–Crippen MR) is 73.4 cm³/mol. The molecule has 0 aromatic rings. The number of hydrogen-bond donors (Lipinski definition) is 1. The molecule has 1 aliphatic rings. The molecule has 0 aromatic heterocycles. The third-order valence-electron chi connectivity index (χ3n) is 3.88. The van der Waals surface area contributed by atoms with E-state index in [-0.39, 0.29) is 0 Å². The van der Waals surface area contributed by atoms with Crippen LogP contribution in [0.5, 0.6) is 0 Å². The Kier molecular flexibility index (Phi) is 7.09. The molecule has 1 fully saturated rings. The molecule has 3 heteroatoms. The van der Waals surface area contributed by atoms with Crippen molar-refractivity contribution in [2.75, 3.05) is 26.7 Å². The molecule has 0 bridgehead atoms. The minimum Gasteiger partial charge on any atom is -0.381 e. The van der Waals surface area contributed by atoms with Crippen LogP contribution in [0.3, 0.4) is 0 Å². The van der Waals surface area contributed by atoms with Crippen LogP contribution in [0, 0.1) is 0 Å². The second-order valence-electron chi connectivity index (χ2n) is 5.27. The van der Waals surface area contributed by atoms with E-state index in [1.54, 1.807) is 0 Å². The zero-order valence-electron chi connectivity index (χ0n) is 12.0.